The minimum absolute atomic E-state index is 0.223. The molecular formula is C28H40N2O2. The third-order valence-corrected chi connectivity index (χ3v) is 6.80. The molecule has 2 aromatic rings. The Hall–Kier alpha value is -2.23. The van der Waals surface area contributed by atoms with Crippen molar-refractivity contribution in [3.63, 3.8) is 0 Å². The van der Waals surface area contributed by atoms with E-state index in [1.807, 2.05) is 0 Å². The third-order valence-electron chi connectivity index (χ3n) is 6.80. The van der Waals surface area contributed by atoms with Crippen LogP contribution in [0.4, 0.5) is 0 Å². The van der Waals surface area contributed by atoms with Gasteiger partial charge < -0.3 is 4.74 Å². The summed E-state index contributed by atoms with van der Waals surface area (Å²) in [7, 11) is 0. The number of hydrogen-bond acceptors (Lipinski definition) is 4. The van der Waals surface area contributed by atoms with Gasteiger partial charge in [-0.2, -0.15) is 0 Å². The highest BCUT2D eigenvalue weighted by Gasteiger charge is 2.22. The summed E-state index contributed by atoms with van der Waals surface area (Å²) in [5.41, 5.74) is 2.44. The van der Waals surface area contributed by atoms with Crippen LogP contribution in [0.1, 0.15) is 109 Å². The molecule has 0 bridgehead atoms. The van der Waals surface area contributed by atoms with E-state index in [9.17, 15) is 4.79 Å². The highest BCUT2D eigenvalue weighted by atomic mass is 16.5. The van der Waals surface area contributed by atoms with Crippen molar-refractivity contribution < 1.29 is 9.53 Å². The molecule has 3 rings (SSSR count). The monoisotopic (exact) mass is 436 g/mol. The second kappa shape index (κ2) is 13.3. The summed E-state index contributed by atoms with van der Waals surface area (Å²) < 4.78 is 5.29. The molecule has 0 N–H and O–H groups in total. The van der Waals surface area contributed by atoms with Gasteiger partial charge in [-0.25, -0.2) is 9.97 Å². The van der Waals surface area contributed by atoms with Crippen LogP contribution in [0.2, 0.25) is 0 Å². The fourth-order valence-electron chi connectivity index (χ4n) is 4.75. The summed E-state index contributed by atoms with van der Waals surface area (Å²) in [5.74, 6) is 2.48. The molecule has 1 aliphatic carbocycles. The third kappa shape index (κ3) is 7.72. The molecule has 4 nitrogen and oxygen atoms in total. The minimum Gasteiger partial charge on any atom is -0.423 e. The first-order chi connectivity index (χ1) is 15.7. The summed E-state index contributed by atoms with van der Waals surface area (Å²) in [6.45, 7) is 4.34. The summed E-state index contributed by atoms with van der Waals surface area (Å²) in [5, 5.41) is 0. The highest BCUT2D eigenvalue weighted by Crippen LogP contribution is 2.38. The van der Waals surface area contributed by atoms with E-state index >= 15 is 0 Å². The lowest BCUT2D eigenvalue weighted by Crippen LogP contribution is -2.13. The Morgan fingerprint density at radius 1 is 0.875 bits per heavy atom. The van der Waals surface area contributed by atoms with E-state index in [1.54, 1.807) is 12.4 Å². The normalized spacial score (nSPS) is 18.4. The van der Waals surface area contributed by atoms with E-state index in [0.29, 0.717) is 23.9 Å². The van der Waals surface area contributed by atoms with Crippen molar-refractivity contribution in [2.24, 2.45) is 5.92 Å². The van der Waals surface area contributed by atoms with Gasteiger partial charge in [-0.15, -0.1) is 0 Å². The van der Waals surface area contributed by atoms with Gasteiger partial charge in [-0.1, -0.05) is 83.1 Å². The van der Waals surface area contributed by atoms with Crippen LogP contribution in [-0.4, -0.2) is 15.9 Å². The molecule has 0 amide bonds. The largest absolute Gasteiger partial charge is 0.423 e. The first-order valence-corrected chi connectivity index (χ1v) is 12.8. The molecule has 0 aliphatic heterocycles. The molecule has 1 saturated carbocycles. The maximum atomic E-state index is 11.7. The Kier molecular flexibility index (Phi) is 10.2. The van der Waals surface area contributed by atoms with Gasteiger partial charge in [-0.3, -0.25) is 4.79 Å². The average Bonchev–Trinajstić information content (AvgIpc) is 2.84. The van der Waals surface area contributed by atoms with Gasteiger partial charge in [0.1, 0.15) is 0 Å². The van der Waals surface area contributed by atoms with Crippen LogP contribution in [0.3, 0.4) is 0 Å². The molecule has 1 fully saturated rings. The molecule has 0 spiro atoms. The van der Waals surface area contributed by atoms with Gasteiger partial charge in [0.15, 0.2) is 11.6 Å². The molecule has 1 aromatic heterocycles. The lowest BCUT2D eigenvalue weighted by atomic mass is 9.77. The predicted octanol–water partition coefficient (Wildman–Crippen LogP) is 7.87. The average molecular weight is 437 g/mol. The fourth-order valence-corrected chi connectivity index (χ4v) is 4.75. The summed E-state index contributed by atoms with van der Waals surface area (Å²) in [4.78, 5) is 20.5. The van der Waals surface area contributed by atoms with Gasteiger partial charge >= 0.3 is 5.97 Å². The smallest absolute Gasteiger partial charge is 0.311 e. The van der Waals surface area contributed by atoms with Crippen molar-refractivity contribution in [3.8, 4) is 17.1 Å². The van der Waals surface area contributed by atoms with Crippen LogP contribution < -0.4 is 4.74 Å². The molecule has 1 aliphatic rings. The van der Waals surface area contributed by atoms with Gasteiger partial charge in [0.05, 0.1) is 12.4 Å². The lowest BCUT2D eigenvalue weighted by Gasteiger charge is -2.29. The second-order valence-corrected chi connectivity index (χ2v) is 9.36. The molecule has 0 radical (unpaired) electrons. The quantitative estimate of drug-likeness (QED) is 0.251. The van der Waals surface area contributed by atoms with Crippen LogP contribution in [0, 0.1) is 5.92 Å². The van der Waals surface area contributed by atoms with Gasteiger partial charge in [0.2, 0.25) is 0 Å². The SMILES string of the molecule is CCCCCCC[C@H]1CC[C@H](c2ccc(-c3ncc(OC(=O)CCCC)cn3)cc2)CC1. The topological polar surface area (TPSA) is 52.1 Å². The van der Waals surface area contributed by atoms with Crippen LogP contribution in [-0.2, 0) is 4.79 Å². The van der Waals surface area contributed by atoms with Crippen molar-refractivity contribution in [2.75, 3.05) is 0 Å². The lowest BCUT2D eigenvalue weighted by molar-refractivity contribution is -0.134. The van der Waals surface area contributed by atoms with Gasteiger partial charge in [0.25, 0.3) is 0 Å². The van der Waals surface area contributed by atoms with E-state index in [4.69, 9.17) is 4.74 Å². The maximum Gasteiger partial charge on any atom is 0.311 e. The molecule has 0 saturated heterocycles. The van der Waals surface area contributed by atoms with Gasteiger partial charge in [0, 0.05) is 12.0 Å². The van der Waals surface area contributed by atoms with Crippen LogP contribution in [0.15, 0.2) is 36.7 Å². The molecule has 0 unspecified atom stereocenters. The van der Waals surface area contributed by atoms with E-state index in [0.717, 1.165) is 24.3 Å². The van der Waals surface area contributed by atoms with Crippen LogP contribution >= 0.6 is 0 Å². The number of aromatic nitrogens is 2. The highest BCUT2D eigenvalue weighted by molar-refractivity contribution is 5.72. The number of rotatable bonds is 12. The Bertz CT molecular complexity index is 793. The summed E-state index contributed by atoms with van der Waals surface area (Å²) in [6, 6.07) is 8.73. The second-order valence-electron chi connectivity index (χ2n) is 9.36. The van der Waals surface area contributed by atoms with E-state index in [1.165, 1.54) is 69.8 Å². The van der Waals surface area contributed by atoms with Crippen molar-refractivity contribution in [1.29, 1.82) is 0 Å². The fraction of sp³-hybridized carbons (Fsp3) is 0.607. The number of benzene rings is 1. The van der Waals surface area contributed by atoms with Crippen LogP contribution in [0.25, 0.3) is 11.4 Å². The maximum absolute atomic E-state index is 11.7. The Morgan fingerprint density at radius 2 is 1.53 bits per heavy atom. The number of esters is 1. The number of nitrogens with zero attached hydrogens (tertiary/aromatic N) is 2. The number of carbonyl (C=O) groups excluding carboxylic acids is 1. The Labute approximate surface area is 194 Å². The van der Waals surface area contributed by atoms with Crippen molar-refractivity contribution in [1.82, 2.24) is 9.97 Å². The number of carbonyl (C=O) groups is 1. The molecule has 1 aromatic carbocycles. The Balaban J connectivity index is 1.45. The zero-order chi connectivity index (χ0) is 22.6. The van der Waals surface area contributed by atoms with E-state index < -0.39 is 0 Å². The van der Waals surface area contributed by atoms with E-state index in [2.05, 4.69) is 48.1 Å². The molecule has 174 valence electrons. The molecular weight excluding hydrogens is 396 g/mol. The number of hydrogen-bond donors (Lipinski definition) is 0. The Morgan fingerprint density at radius 3 is 2.19 bits per heavy atom. The minimum atomic E-state index is -0.223. The summed E-state index contributed by atoms with van der Waals surface area (Å²) in [6.07, 6.45) is 19.2. The first kappa shape index (κ1) is 24.4. The first-order valence-electron chi connectivity index (χ1n) is 12.8. The number of unbranched alkanes of at least 4 members (excludes halogenated alkanes) is 5. The zero-order valence-corrected chi connectivity index (χ0v) is 20.0. The molecule has 4 heteroatoms. The van der Waals surface area contributed by atoms with E-state index in [-0.39, 0.29) is 5.97 Å². The zero-order valence-electron chi connectivity index (χ0n) is 20.0. The van der Waals surface area contributed by atoms with Gasteiger partial charge in [-0.05, 0) is 49.5 Å². The van der Waals surface area contributed by atoms with Crippen molar-refractivity contribution in [2.45, 2.75) is 103 Å². The molecule has 1 heterocycles. The molecule has 32 heavy (non-hydrogen) atoms. The van der Waals surface area contributed by atoms with Crippen LogP contribution in [0.5, 0.6) is 5.75 Å². The molecule has 0 atom stereocenters. The predicted molar refractivity (Wildman–Crippen MR) is 131 cm³/mol. The van der Waals surface area contributed by atoms with Crippen molar-refractivity contribution in [3.05, 3.63) is 42.2 Å². The number of ether oxygens (including phenoxy) is 1. The standard InChI is InChI=1S/C28H40N2O2/c1-3-5-7-8-9-10-22-12-14-23(15-13-22)24-16-18-25(19-17-24)28-29-20-26(21-30-28)32-27(31)11-6-4-2/h16-23H,3-15H2,1-2H3/t22-,23-. The van der Waals surface area contributed by atoms with Crippen molar-refractivity contribution >= 4 is 5.97 Å². The summed E-state index contributed by atoms with van der Waals surface area (Å²) >= 11 is 0.